The summed E-state index contributed by atoms with van der Waals surface area (Å²) in [5.41, 5.74) is 3.95. The standard InChI is InChI=1S/C36H41N5O2/c42-34-33(23-29-24-37-32-14-8-7-13-31(29)32)38-35(43)36(17-21-39(22-18-36)19-15-27-9-3-1-4-10-27)41(34)30-16-20-40(26-30)25-28-11-5-2-6-12-28/h1-14,24,30,33,37H,15-23,25-26H2,(H,38,43). The number of hydrogen-bond donors (Lipinski definition) is 2. The summed E-state index contributed by atoms with van der Waals surface area (Å²) in [5.74, 6) is 0.107. The lowest BCUT2D eigenvalue weighted by Gasteiger charge is -2.53. The Bertz CT molecular complexity index is 1560. The van der Waals surface area contributed by atoms with Gasteiger partial charge in [-0.25, -0.2) is 0 Å². The van der Waals surface area contributed by atoms with Crippen molar-refractivity contribution in [1.29, 1.82) is 0 Å². The van der Waals surface area contributed by atoms with Crippen LogP contribution in [0.1, 0.15) is 36.0 Å². The Morgan fingerprint density at radius 3 is 2.26 bits per heavy atom. The van der Waals surface area contributed by atoms with Crippen LogP contribution in [0.5, 0.6) is 0 Å². The van der Waals surface area contributed by atoms with Gasteiger partial charge in [0.15, 0.2) is 0 Å². The molecule has 222 valence electrons. The Hall–Kier alpha value is -3.94. The lowest BCUT2D eigenvalue weighted by molar-refractivity contribution is -0.164. The van der Waals surface area contributed by atoms with E-state index in [1.807, 2.05) is 30.5 Å². The molecule has 0 bridgehead atoms. The molecule has 3 saturated heterocycles. The summed E-state index contributed by atoms with van der Waals surface area (Å²) in [4.78, 5) is 39.0. The minimum atomic E-state index is -0.787. The van der Waals surface area contributed by atoms with E-state index < -0.39 is 11.6 Å². The summed E-state index contributed by atoms with van der Waals surface area (Å²) in [5, 5.41) is 4.34. The third-order valence-electron chi connectivity index (χ3n) is 9.93. The number of para-hydroxylation sites is 1. The van der Waals surface area contributed by atoms with E-state index in [0.29, 0.717) is 19.3 Å². The molecule has 0 aliphatic carbocycles. The summed E-state index contributed by atoms with van der Waals surface area (Å²) in [6.07, 6.45) is 5.71. The molecular formula is C36H41N5O2. The Balaban J connectivity index is 1.11. The molecule has 3 aliphatic rings. The maximum absolute atomic E-state index is 14.5. The molecule has 3 fully saturated rings. The van der Waals surface area contributed by atoms with Crippen molar-refractivity contribution in [3.8, 4) is 0 Å². The number of rotatable bonds is 8. The van der Waals surface area contributed by atoms with E-state index in [0.717, 1.165) is 68.6 Å². The van der Waals surface area contributed by atoms with Crippen LogP contribution >= 0.6 is 0 Å². The van der Waals surface area contributed by atoms with Crippen LogP contribution in [0.2, 0.25) is 0 Å². The monoisotopic (exact) mass is 575 g/mol. The van der Waals surface area contributed by atoms with Gasteiger partial charge in [-0.05, 0) is 48.4 Å². The first-order chi connectivity index (χ1) is 21.1. The normalized spacial score (nSPS) is 22.8. The van der Waals surface area contributed by atoms with Crippen LogP contribution in [0.3, 0.4) is 0 Å². The van der Waals surface area contributed by atoms with Gasteiger partial charge in [0.05, 0.1) is 0 Å². The number of nitrogens with zero attached hydrogens (tertiary/aromatic N) is 3. The molecule has 2 N–H and O–H groups in total. The predicted molar refractivity (Wildman–Crippen MR) is 169 cm³/mol. The first-order valence-corrected chi connectivity index (χ1v) is 15.8. The molecule has 1 spiro atoms. The largest absolute Gasteiger partial charge is 0.361 e. The first kappa shape index (κ1) is 27.9. The zero-order chi connectivity index (χ0) is 29.2. The van der Waals surface area contributed by atoms with Crippen LogP contribution in [0, 0.1) is 0 Å². The van der Waals surface area contributed by atoms with Crippen LogP contribution < -0.4 is 5.32 Å². The molecule has 2 unspecified atom stereocenters. The molecule has 3 aliphatic heterocycles. The molecule has 1 aromatic heterocycles. The van der Waals surface area contributed by atoms with Gasteiger partial charge in [-0.1, -0.05) is 78.9 Å². The third-order valence-corrected chi connectivity index (χ3v) is 9.93. The van der Waals surface area contributed by atoms with Crippen molar-refractivity contribution < 1.29 is 9.59 Å². The minimum Gasteiger partial charge on any atom is -0.361 e. The lowest BCUT2D eigenvalue weighted by Crippen LogP contribution is -2.75. The molecule has 3 aromatic carbocycles. The number of aromatic amines is 1. The van der Waals surface area contributed by atoms with E-state index in [9.17, 15) is 9.59 Å². The van der Waals surface area contributed by atoms with Crippen molar-refractivity contribution >= 4 is 22.7 Å². The van der Waals surface area contributed by atoms with Gasteiger partial charge < -0.3 is 20.1 Å². The molecule has 2 atom stereocenters. The van der Waals surface area contributed by atoms with Gasteiger partial charge in [0.2, 0.25) is 11.8 Å². The van der Waals surface area contributed by atoms with Gasteiger partial charge in [0.1, 0.15) is 11.6 Å². The van der Waals surface area contributed by atoms with Crippen molar-refractivity contribution in [1.82, 2.24) is 25.0 Å². The number of H-pyrrole nitrogens is 1. The summed E-state index contributed by atoms with van der Waals surface area (Å²) in [7, 11) is 0. The van der Waals surface area contributed by atoms with Gasteiger partial charge in [-0.15, -0.1) is 0 Å². The topological polar surface area (TPSA) is 71.7 Å². The zero-order valence-electron chi connectivity index (χ0n) is 24.8. The SMILES string of the molecule is O=C1C(Cc2c[nH]c3ccccc23)NC(=O)C2(CCN(CCc3ccccc3)CC2)N1C1CCN(Cc2ccccc2)C1. The first-order valence-electron chi connectivity index (χ1n) is 15.8. The van der Waals surface area contributed by atoms with Gasteiger partial charge in [0, 0.05) is 68.8 Å². The number of amides is 2. The second-order valence-corrected chi connectivity index (χ2v) is 12.6. The van der Waals surface area contributed by atoms with Crippen molar-refractivity contribution in [3.05, 3.63) is 108 Å². The Morgan fingerprint density at radius 2 is 1.49 bits per heavy atom. The van der Waals surface area contributed by atoms with Crippen molar-refractivity contribution in [2.24, 2.45) is 0 Å². The van der Waals surface area contributed by atoms with Crippen molar-refractivity contribution in [2.45, 2.75) is 56.3 Å². The molecule has 4 heterocycles. The average molecular weight is 576 g/mol. The third kappa shape index (κ3) is 5.59. The smallest absolute Gasteiger partial charge is 0.246 e. The van der Waals surface area contributed by atoms with Gasteiger partial charge in [-0.2, -0.15) is 0 Å². The highest BCUT2D eigenvalue weighted by molar-refractivity contribution is 6.00. The van der Waals surface area contributed by atoms with Crippen LogP contribution in [0.25, 0.3) is 10.9 Å². The number of piperidine rings is 1. The fraction of sp³-hybridized carbons (Fsp3) is 0.389. The molecule has 0 radical (unpaired) electrons. The number of benzene rings is 3. The van der Waals surface area contributed by atoms with Crippen LogP contribution in [-0.2, 0) is 29.0 Å². The number of aromatic nitrogens is 1. The van der Waals surface area contributed by atoms with Crippen LogP contribution in [-0.4, -0.2) is 81.8 Å². The quantitative estimate of drug-likeness (QED) is 0.327. The van der Waals surface area contributed by atoms with E-state index in [-0.39, 0.29) is 17.9 Å². The maximum atomic E-state index is 14.5. The number of likely N-dealkylation sites (tertiary alicyclic amines) is 2. The molecule has 4 aromatic rings. The fourth-order valence-corrected chi connectivity index (χ4v) is 7.59. The highest BCUT2D eigenvalue weighted by Gasteiger charge is 2.56. The molecule has 7 heteroatoms. The zero-order valence-corrected chi connectivity index (χ0v) is 24.8. The summed E-state index contributed by atoms with van der Waals surface area (Å²) >= 11 is 0. The van der Waals surface area contributed by atoms with E-state index in [1.165, 1.54) is 11.1 Å². The van der Waals surface area contributed by atoms with Crippen LogP contribution in [0.4, 0.5) is 0 Å². The van der Waals surface area contributed by atoms with Gasteiger partial charge in [0.25, 0.3) is 0 Å². The number of nitrogens with one attached hydrogen (secondary N) is 2. The lowest BCUT2D eigenvalue weighted by atomic mass is 9.79. The summed E-state index contributed by atoms with van der Waals surface area (Å²) in [6.45, 7) is 5.19. The van der Waals surface area contributed by atoms with Crippen LogP contribution in [0.15, 0.2) is 91.1 Å². The number of carbonyl (C=O) groups excluding carboxylic acids is 2. The average Bonchev–Trinajstić information content (AvgIpc) is 3.68. The Kier molecular flexibility index (Phi) is 7.76. The highest BCUT2D eigenvalue weighted by Crippen LogP contribution is 2.38. The van der Waals surface area contributed by atoms with E-state index >= 15 is 0 Å². The summed E-state index contributed by atoms with van der Waals surface area (Å²) < 4.78 is 0. The molecule has 43 heavy (non-hydrogen) atoms. The summed E-state index contributed by atoms with van der Waals surface area (Å²) in [6, 6.07) is 28.8. The Morgan fingerprint density at radius 1 is 0.791 bits per heavy atom. The minimum absolute atomic E-state index is 0.0289. The molecule has 7 nitrogen and oxygen atoms in total. The number of carbonyl (C=O) groups is 2. The number of fused-ring (bicyclic) bond motifs is 1. The van der Waals surface area contributed by atoms with E-state index in [1.54, 1.807) is 0 Å². The van der Waals surface area contributed by atoms with Gasteiger partial charge >= 0.3 is 0 Å². The Labute approximate surface area is 253 Å². The second kappa shape index (κ2) is 12.0. The maximum Gasteiger partial charge on any atom is 0.246 e. The van der Waals surface area contributed by atoms with Crippen molar-refractivity contribution in [3.63, 3.8) is 0 Å². The number of hydrogen-bond acceptors (Lipinski definition) is 4. The number of piperazine rings is 1. The van der Waals surface area contributed by atoms with E-state index in [4.69, 9.17) is 0 Å². The van der Waals surface area contributed by atoms with Crippen molar-refractivity contribution in [2.75, 3.05) is 32.7 Å². The van der Waals surface area contributed by atoms with Gasteiger partial charge in [-0.3, -0.25) is 14.5 Å². The van der Waals surface area contributed by atoms with E-state index in [2.05, 4.69) is 85.7 Å². The highest BCUT2D eigenvalue weighted by atomic mass is 16.2. The molecule has 0 saturated carbocycles. The second-order valence-electron chi connectivity index (χ2n) is 12.6. The molecule has 2 amide bonds. The molecule has 7 rings (SSSR count). The molecular weight excluding hydrogens is 534 g/mol. The fourth-order valence-electron chi connectivity index (χ4n) is 7.59. The predicted octanol–water partition coefficient (Wildman–Crippen LogP) is 4.39.